The molecule has 0 radical (unpaired) electrons. The SMILES string of the molecule is CN(C)Cc1ccc(CSCCN=C2NS(=O)(=O)C(S(N)(=O)=O)C2=N)o1. The molecular formula is C13H21N5O5S3. The maximum atomic E-state index is 11.8. The molecule has 0 amide bonds. The summed E-state index contributed by atoms with van der Waals surface area (Å²) in [7, 11) is -4.83. The molecule has 26 heavy (non-hydrogen) atoms. The first-order chi connectivity index (χ1) is 12.0. The van der Waals surface area contributed by atoms with Crippen molar-refractivity contribution in [3.63, 3.8) is 0 Å². The van der Waals surface area contributed by atoms with Gasteiger partial charge in [-0.15, -0.1) is 0 Å². The molecule has 0 aromatic carbocycles. The van der Waals surface area contributed by atoms with E-state index in [4.69, 9.17) is 15.0 Å². The molecule has 1 saturated heterocycles. The van der Waals surface area contributed by atoms with Gasteiger partial charge in [0.25, 0.3) is 10.0 Å². The fourth-order valence-electron chi connectivity index (χ4n) is 2.26. The molecular weight excluding hydrogens is 402 g/mol. The normalized spacial score (nSPS) is 21.5. The van der Waals surface area contributed by atoms with Crippen molar-refractivity contribution in [2.75, 3.05) is 26.4 Å². The highest BCUT2D eigenvalue weighted by atomic mass is 32.3. The standard InChI is InChI=1S/C13H21N5O5S3/c1-18(2)7-9-3-4-10(23-9)8-24-6-5-16-12-11(14)13(25(15,19)20)26(21,22)17-12/h3-4,13-14H,5-8H2,1-2H3,(H,16,17)(H2,15,19,20). The van der Waals surface area contributed by atoms with E-state index >= 15 is 0 Å². The van der Waals surface area contributed by atoms with Crippen LogP contribution in [-0.2, 0) is 32.3 Å². The monoisotopic (exact) mass is 423 g/mol. The summed E-state index contributed by atoms with van der Waals surface area (Å²) in [6, 6.07) is 3.81. The summed E-state index contributed by atoms with van der Waals surface area (Å²) >= 11 is 1.52. The second-order valence-corrected chi connectivity index (χ2v) is 10.7. The van der Waals surface area contributed by atoms with E-state index in [1.54, 1.807) is 0 Å². The smallest absolute Gasteiger partial charge is 0.258 e. The zero-order chi connectivity index (χ0) is 19.5. The van der Waals surface area contributed by atoms with Crippen LogP contribution in [0.3, 0.4) is 0 Å². The van der Waals surface area contributed by atoms with Crippen LogP contribution in [0.15, 0.2) is 21.5 Å². The van der Waals surface area contributed by atoms with E-state index in [1.165, 1.54) is 11.8 Å². The molecule has 1 atom stereocenters. The molecule has 1 aliphatic heterocycles. The van der Waals surface area contributed by atoms with Gasteiger partial charge in [0.15, 0.2) is 5.84 Å². The first kappa shape index (κ1) is 20.9. The lowest BCUT2D eigenvalue weighted by atomic mass is 10.4. The fraction of sp³-hybridized carbons (Fsp3) is 0.538. The van der Waals surface area contributed by atoms with Crippen LogP contribution in [-0.4, -0.2) is 64.3 Å². The minimum atomic E-state index is -4.45. The van der Waals surface area contributed by atoms with Gasteiger partial charge < -0.3 is 9.32 Å². The van der Waals surface area contributed by atoms with Gasteiger partial charge in [-0.05, 0) is 26.2 Å². The number of hydrogen-bond donors (Lipinski definition) is 3. The van der Waals surface area contributed by atoms with Crippen LogP contribution < -0.4 is 9.86 Å². The van der Waals surface area contributed by atoms with E-state index in [9.17, 15) is 16.8 Å². The molecule has 0 saturated carbocycles. The number of aliphatic imine (C=N–C) groups is 1. The topological polar surface area (TPSA) is 159 Å². The van der Waals surface area contributed by atoms with Gasteiger partial charge in [-0.1, -0.05) is 0 Å². The van der Waals surface area contributed by atoms with Crippen molar-refractivity contribution in [2.24, 2.45) is 10.1 Å². The van der Waals surface area contributed by atoms with E-state index < -0.39 is 30.3 Å². The van der Waals surface area contributed by atoms with Crippen LogP contribution in [0, 0.1) is 5.41 Å². The highest BCUT2D eigenvalue weighted by molar-refractivity contribution is 8.09. The Hall–Kier alpha value is -1.41. The predicted molar refractivity (Wildman–Crippen MR) is 101 cm³/mol. The molecule has 10 nitrogen and oxygen atoms in total. The summed E-state index contributed by atoms with van der Waals surface area (Å²) in [6.45, 7) is 0.930. The van der Waals surface area contributed by atoms with Gasteiger partial charge >= 0.3 is 0 Å². The maximum Gasteiger partial charge on any atom is 0.258 e. The van der Waals surface area contributed by atoms with Crippen LogP contribution in [0.2, 0.25) is 0 Å². The molecule has 1 unspecified atom stereocenters. The Morgan fingerprint density at radius 1 is 1.38 bits per heavy atom. The third-order valence-corrected chi connectivity index (χ3v) is 7.88. The largest absolute Gasteiger partial charge is 0.464 e. The van der Waals surface area contributed by atoms with E-state index in [1.807, 2.05) is 35.9 Å². The Balaban J connectivity index is 1.86. The molecule has 1 fully saturated rings. The number of hydrogen-bond acceptors (Lipinski definition) is 9. The van der Waals surface area contributed by atoms with E-state index in [-0.39, 0.29) is 12.4 Å². The average molecular weight is 424 g/mol. The number of rotatable bonds is 8. The second-order valence-electron chi connectivity index (χ2n) is 5.87. The number of thioether (sulfide) groups is 1. The van der Waals surface area contributed by atoms with Gasteiger partial charge in [0.1, 0.15) is 17.2 Å². The van der Waals surface area contributed by atoms with Gasteiger partial charge in [-0.25, -0.2) is 22.0 Å². The van der Waals surface area contributed by atoms with Crippen molar-refractivity contribution >= 4 is 43.4 Å². The van der Waals surface area contributed by atoms with Gasteiger partial charge in [0.05, 0.1) is 18.8 Å². The summed E-state index contributed by atoms with van der Waals surface area (Å²) < 4.78 is 51.8. The molecule has 13 heteroatoms. The highest BCUT2D eigenvalue weighted by Crippen LogP contribution is 2.17. The zero-order valence-corrected chi connectivity index (χ0v) is 16.7. The molecule has 0 spiro atoms. The number of amidine groups is 1. The molecule has 0 bridgehead atoms. The van der Waals surface area contributed by atoms with Crippen LogP contribution in [0.1, 0.15) is 11.5 Å². The fourth-order valence-corrected chi connectivity index (χ4v) is 5.95. The van der Waals surface area contributed by atoms with Gasteiger partial charge in [-0.3, -0.25) is 15.1 Å². The lowest BCUT2D eigenvalue weighted by Gasteiger charge is -2.05. The van der Waals surface area contributed by atoms with Crippen molar-refractivity contribution in [2.45, 2.75) is 16.9 Å². The predicted octanol–water partition coefficient (Wildman–Crippen LogP) is -0.460. The van der Waals surface area contributed by atoms with Crippen LogP contribution in [0.5, 0.6) is 0 Å². The first-order valence-corrected chi connectivity index (χ1v) is 11.8. The molecule has 1 aromatic heterocycles. The van der Waals surface area contributed by atoms with Gasteiger partial charge in [-0.2, -0.15) is 11.8 Å². The molecule has 146 valence electrons. The van der Waals surface area contributed by atoms with Crippen LogP contribution in [0.25, 0.3) is 0 Å². The second kappa shape index (κ2) is 8.08. The Kier molecular flexibility index (Phi) is 6.50. The summed E-state index contributed by atoms with van der Waals surface area (Å²) in [5, 5.41) is 12.6. The van der Waals surface area contributed by atoms with Crippen molar-refractivity contribution in [3.8, 4) is 0 Å². The van der Waals surface area contributed by atoms with Crippen LogP contribution in [0.4, 0.5) is 0 Å². The molecule has 2 heterocycles. The van der Waals surface area contributed by atoms with Gasteiger partial charge in [0.2, 0.25) is 14.6 Å². The summed E-state index contributed by atoms with van der Waals surface area (Å²) in [4.78, 5) is 5.96. The number of sulfonamides is 2. The summed E-state index contributed by atoms with van der Waals surface area (Å²) in [5.74, 6) is 2.58. The number of nitrogens with two attached hydrogens (primary N) is 1. The Bertz CT molecular complexity index is 904. The van der Waals surface area contributed by atoms with Crippen molar-refractivity contribution in [1.82, 2.24) is 9.62 Å². The number of furan rings is 1. The van der Waals surface area contributed by atoms with Gasteiger partial charge in [0, 0.05) is 5.75 Å². The van der Waals surface area contributed by atoms with E-state index in [0.717, 1.165) is 11.5 Å². The lowest BCUT2D eigenvalue weighted by molar-refractivity contribution is 0.344. The minimum absolute atomic E-state index is 0.216. The lowest BCUT2D eigenvalue weighted by Crippen LogP contribution is -2.38. The third-order valence-electron chi connectivity index (χ3n) is 3.25. The third kappa shape index (κ3) is 5.30. The Labute approximate surface area is 156 Å². The van der Waals surface area contributed by atoms with E-state index in [0.29, 0.717) is 18.1 Å². The van der Waals surface area contributed by atoms with Crippen LogP contribution >= 0.6 is 11.8 Å². The molecule has 1 aliphatic rings. The minimum Gasteiger partial charge on any atom is -0.464 e. The molecule has 0 aliphatic carbocycles. The highest BCUT2D eigenvalue weighted by Gasteiger charge is 2.48. The first-order valence-electron chi connectivity index (χ1n) is 7.47. The molecule has 2 rings (SSSR count). The Morgan fingerprint density at radius 3 is 2.62 bits per heavy atom. The zero-order valence-electron chi connectivity index (χ0n) is 14.3. The number of nitrogens with zero attached hydrogens (tertiary/aromatic N) is 2. The number of primary sulfonamides is 1. The average Bonchev–Trinajstić information content (AvgIpc) is 2.99. The van der Waals surface area contributed by atoms with E-state index in [2.05, 4.69) is 4.99 Å². The van der Waals surface area contributed by atoms with Crippen molar-refractivity contribution in [3.05, 3.63) is 23.7 Å². The number of nitrogens with one attached hydrogen (secondary N) is 2. The van der Waals surface area contributed by atoms with Crippen molar-refractivity contribution in [1.29, 1.82) is 5.41 Å². The Morgan fingerprint density at radius 2 is 2.04 bits per heavy atom. The summed E-state index contributed by atoms with van der Waals surface area (Å²) in [5.41, 5.74) is -0.656. The summed E-state index contributed by atoms with van der Waals surface area (Å²) in [6.07, 6.45) is 0. The quantitative estimate of drug-likeness (QED) is 0.477. The molecule has 4 N–H and O–H groups in total. The molecule has 1 aromatic rings. The maximum absolute atomic E-state index is 11.8. The van der Waals surface area contributed by atoms with Crippen molar-refractivity contribution < 1.29 is 21.3 Å².